The number of aliphatic carboxylic acids is 1. The van der Waals surface area contributed by atoms with Crippen molar-refractivity contribution in [2.45, 2.75) is 10.6 Å². The minimum absolute atomic E-state index is 0.140. The normalized spacial score (nSPS) is 11.3. The van der Waals surface area contributed by atoms with Crippen LogP contribution in [0, 0.1) is 0 Å². The van der Waals surface area contributed by atoms with Crippen LogP contribution in [0.3, 0.4) is 0 Å². The standard InChI is InChI=1S/C17H15ClO3S/c1-21-10-15(17(19)20)14-4-2-3-5-16(14)22-11-12-6-8-13(18)9-7-12/h2-10H,11H2,1H3,(H,19,20)/b15-10+. The van der Waals surface area contributed by atoms with Crippen LogP contribution in [-0.4, -0.2) is 18.2 Å². The lowest BCUT2D eigenvalue weighted by Gasteiger charge is -2.10. The van der Waals surface area contributed by atoms with Gasteiger partial charge in [-0.3, -0.25) is 0 Å². The molecule has 0 saturated heterocycles. The Morgan fingerprint density at radius 1 is 1.23 bits per heavy atom. The molecule has 0 bridgehead atoms. The first-order valence-electron chi connectivity index (χ1n) is 6.54. The first-order chi connectivity index (χ1) is 10.6. The maximum atomic E-state index is 11.4. The second-order valence-electron chi connectivity index (χ2n) is 4.48. The predicted octanol–water partition coefficient (Wildman–Crippen LogP) is 4.70. The Hall–Kier alpha value is -1.91. The first kappa shape index (κ1) is 16.5. The van der Waals surface area contributed by atoms with E-state index in [1.54, 1.807) is 17.8 Å². The maximum absolute atomic E-state index is 11.4. The third-order valence-corrected chi connectivity index (χ3v) is 4.35. The van der Waals surface area contributed by atoms with Crippen LogP contribution >= 0.6 is 23.4 Å². The van der Waals surface area contributed by atoms with E-state index < -0.39 is 5.97 Å². The van der Waals surface area contributed by atoms with Crippen LogP contribution in [0.4, 0.5) is 0 Å². The molecule has 0 amide bonds. The Morgan fingerprint density at radius 2 is 1.91 bits per heavy atom. The van der Waals surface area contributed by atoms with Crippen LogP contribution < -0.4 is 0 Å². The summed E-state index contributed by atoms with van der Waals surface area (Å²) in [4.78, 5) is 12.3. The number of hydrogen-bond acceptors (Lipinski definition) is 3. The van der Waals surface area contributed by atoms with Gasteiger partial charge in [-0.15, -0.1) is 11.8 Å². The molecule has 0 heterocycles. The number of carboxylic acids is 1. The molecule has 2 rings (SSSR count). The summed E-state index contributed by atoms with van der Waals surface area (Å²) >= 11 is 7.45. The number of halogens is 1. The Morgan fingerprint density at radius 3 is 2.55 bits per heavy atom. The molecule has 0 radical (unpaired) electrons. The number of carbonyl (C=O) groups is 1. The fourth-order valence-electron chi connectivity index (χ4n) is 1.90. The van der Waals surface area contributed by atoms with E-state index in [9.17, 15) is 9.90 Å². The van der Waals surface area contributed by atoms with Crippen molar-refractivity contribution < 1.29 is 14.6 Å². The highest BCUT2D eigenvalue weighted by atomic mass is 35.5. The lowest BCUT2D eigenvalue weighted by atomic mass is 10.1. The molecular formula is C17H15ClO3S. The van der Waals surface area contributed by atoms with Gasteiger partial charge in [0.2, 0.25) is 0 Å². The molecule has 22 heavy (non-hydrogen) atoms. The molecule has 2 aromatic carbocycles. The number of thioether (sulfide) groups is 1. The zero-order valence-electron chi connectivity index (χ0n) is 12.0. The van der Waals surface area contributed by atoms with Gasteiger partial charge in [0.05, 0.1) is 13.4 Å². The van der Waals surface area contributed by atoms with E-state index in [2.05, 4.69) is 0 Å². The average molecular weight is 335 g/mol. The Kier molecular flexibility index (Phi) is 5.92. The molecule has 1 N–H and O–H groups in total. The molecule has 5 heteroatoms. The quantitative estimate of drug-likeness (QED) is 0.472. The SMILES string of the molecule is CO/C=C(/C(=O)O)c1ccccc1SCc1ccc(Cl)cc1. The summed E-state index contributed by atoms with van der Waals surface area (Å²) in [5.74, 6) is -0.282. The minimum atomic E-state index is -1.01. The van der Waals surface area contributed by atoms with E-state index in [1.165, 1.54) is 13.4 Å². The van der Waals surface area contributed by atoms with Crippen LogP contribution in [0.1, 0.15) is 11.1 Å². The molecule has 0 saturated carbocycles. The smallest absolute Gasteiger partial charge is 0.339 e. The van der Waals surface area contributed by atoms with Gasteiger partial charge < -0.3 is 9.84 Å². The molecule has 0 aliphatic heterocycles. The van der Waals surface area contributed by atoms with Gasteiger partial charge in [-0.05, 0) is 23.8 Å². The lowest BCUT2D eigenvalue weighted by Crippen LogP contribution is -2.01. The van der Waals surface area contributed by atoms with E-state index in [4.69, 9.17) is 16.3 Å². The Bertz CT molecular complexity index is 681. The zero-order chi connectivity index (χ0) is 15.9. The predicted molar refractivity (Wildman–Crippen MR) is 90.1 cm³/mol. The van der Waals surface area contributed by atoms with Crippen LogP contribution in [0.25, 0.3) is 5.57 Å². The van der Waals surface area contributed by atoms with Crippen molar-refractivity contribution in [1.29, 1.82) is 0 Å². The van der Waals surface area contributed by atoms with Gasteiger partial charge >= 0.3 is 5.97 Å². The molecule has 0 aliphatic rings. The third-order valence-electron chi connectivity index (χ3n) is 2.95. The summed E-state index contributed by atoms with van der Waals surface area (Å²) in [7, 11) is 1.44. The molecule has 0 fully saturated rings. The van der Waals surface area contributed by atoms with Crippen molar-refractivity contribution in [2.75, 3.05) is 7.11 Å². The summed E-state index contributed by atoms with van der Waals surface area (Å²) in [5.41, 5.74) is 1.91. The van der Waals surface area contributed by atoms with Crippen LogP contribution in [0.2, 0.25) is 5.02 Å². The second kappa shape index (κ2) is 7.92. The molecule has 2 aromatic rings. The van der Waals surface area contributed by atoms with Crippen LogP contribution in [0.15, 0.2) is 59.7 Å². The summed E-state index contributed by atoms with van der Waals surface area (Å²) in [6.45, 7) is 0. The molecule has 0 unspecified atom stereocenters. The number of carboxylic acid groups (broad SMARTS) is 1. The van der Waals surface area contributed by atoms with Crippen LogP contribution in [0.5, 0.6) is 0 Å². The van der Waals surface area contributed by atoms with Crippen LogP contribution in [-0.2, 0) is 15.3 Å². The van der Waals surface area contributed by atoms with Gasteiger partial charge in [0, 0.05) is 21.2 Å². The highest BCUT2D eigenvalue weighted by Gasteiger charge is 2.15. The maximum Gasteiger partial charge on any atom is 0.339 e. The van der Waals surface area contributed by atoms with E-state index in [-0.39, 0.29) is 5.57 Å². The number of ether oxygens (including phenoxy) is 1. The fraction of sp³-hybridized carbons (Fsp3) is 0.118. The van der Waals surface area contributed by atoms with E-state index in [1.807, 2.05) is 42.5 Å². The molecule has 3 nitrogen and oxygen atoms in total. The monoisotopic (exact) mass is 334 g/mol. The Labute approximate surface area is 138 Å². The number of rotatable bonds is 6. The molecule has 0 aliphatic carbocycles. The summed E-state index contributed by atoms with van der Waals surface area (Å²) in [6.07, 6.45) is 1.25. The second-order valence-corrected chi connectivity index (χ2v) is 5.94. The van der Waals surface area contributed by atoms with Crippen molar-refractivity contribution in [3.05, 3.63) is 70.9 Å². The van der Waals surface area contributed by atoms with Gasteiger partial charge in [0.15, 0.2) is 0 Å². The van der Waals surface area contributed by atoms with Crippen molar-refractivity contribution in [1.82, 2.24) is 0 Å². The summed E-state index contributed by atoms with van der Waals surface area (Å²) < 4.78 is 4.88. The molecule has 0 atom stereocenters. The largest absolute Gasteiger partial charge is 0.503 e. The molecule has 0 spiro atoms. The van der Waals surface area contributed by atoms with Crippen molar-refractivity contribution in [2.24, 2.45) is 0 Å². The van der Waals surface area contributed by atoms with E-state index in [0.29, 0.717) is 10.6 Å². The first-order valence-corrected chi connectivity index (χ1v) is 7.91. The van der Waals surface area contributed by atoms with Gasteiger partial charge in [0.1, 0.15) is 5.57 Å². The van der Waals surface area contributed by atoms with Crippen molar-refractivity contribution >= 4 is 34.9 Å². The summed E-state index contributed by atoms with van der Waals surface area (Å²) in [5, 5.41) is 10.0. The van der Waals surface area contributed by atoms with Gasteiger partial charge in [-0.25, -0.2) is 4.79 Å². The number of benzene rings is 2. The number of methoxy groups -OCH3 is 1. The Balaban J connectivity index is 2.23. The summed E-state index contributed by atoms with van der Waals surface area (Å²) in [6, 6.07) is 15.0. The van der Waals surface area contributed by atoms with E-state index in [0.717, 1.165) is 16.2 Å². The highest BCUT2D eigenvalue weighted by molar-refractivity contribution is 7.98. The number of hydrogen-bond donors (Lipinski definition) is 1. The zero-order valence-corrected chi connectivity index (χ0v) is 13.5. The van der Waals surface area contributed by atoms with Gasteiger partial charge in [0.25, 0.3) is 0 Å². The average Bonchev–Trinajstić information content (AvgIpc) is 2.52. The molecule has 0 aromatic heterocycles. The molecular weight excluding hydrogens is 320 g/mol. The third kappa shape index (κ3) is 4.29. The van der Waals surface area contributed by atoms with Crippen molar-refractivity contribution in [3.63, 3.8) is 0 Å². The molecule has 114 valence electrons. The lowest BCUT2D eigenvalue weighted by molar-refractivity contribution is -0.130. The van der Waals surface area contributed by atoms with Gasteiger partial charge in [-0.1, -0.05) is 41.9 Å². The van der Waals surface area contributed by atoms with E-state index >= 15 is 0 Å². The topological polar surface area (TPSA) is 46.5 Å². The highest BCUT2D eigenvalue weighted by Crippen LogP contribution is 2.31. The minimum Gasteiger partial charge on any atom is -0.503 e. The van der Waals surface area contributed by atoms with Crippen molar-refractivity contribution in [3.8, 4) is 0 Å². The fourth-order valence-corrected chi connectivity index (χ4v) is 3.05. The van der Waals surface area contributed by atoms with Gasteiger partial charge in [-0.2, -0.15) is 0 Å².